The van der Waals surface area contributed by atoms with Crippen molar-refractivity contribution < 1.29 is 9.47 Å². The monoisotopic (exact) mass is 288 g/mol. The number of nitrogens with one attached hydrogen (secondary N) is 1. The minimum Gasteiger partial charge on any atom is -0.493 e. The van der Waals surface area contributed by atoms with E-state index in [1.54, 1.807) is 11.8 Å². The summed E-state index contributed by atoms with van der Waals surface area (Å²) in [5, 5.41) is 11.7. The molecule has 1 heterocycles. The van der Waals surface area contributed by atoms with Crippen LogP contribution in [-0.2, 0) is 13.1 Å². The Bertz CT molecular complexity index is 581. The van der Waals surface area contributed by atoms with Crippen LogP contribution in [0.1, 0.15) is 18.5 Å². The maximum absolute atomic E-state index is 5.72. The molecule has 0 atom stereocenters. The van der Waals surface area contributed by atoms with Crippen LogP contribution in [0.5, 0.6) is 11.5 Å². The van der Waals surface area contributed by atoms with Crippen LogP contribution in [0.15, 0.2) is 30.5 Å². The predicted molar refractivity (Wildman–Crippen MR) is 78.4 cm³/mol. The van der Waals surface area contributed by atoms with E-state index in [9.17, 15) is 0 Å². The zero-order chi connectivity index (χ0) is 14.5. The van der Waals surface area contributed by atoms with Gasteiger partial charge in [-0.1, -0.05) is 17.3 Å². The average molecular weight is 288 g/mol. The number of benzene rings is 1. The average Bonchev–Trinajstić information content (AvgIpc) is 3.24. The molecule has 1 aromatic heterocycles. The quantitative estimate of drug-likeness (QED) is 0.800. The minimum absolute atomic E-state index is 0.527. The number of para-hydroxylation sites is 2. The maximum atomic E-state index is 5.72. The van der Waals surface area contributed by atoms with E-state index in [4.69, 9.17) is 9.47 Å². The van der Waals surface area contributed by atoms with E-state index in [1.165, 1.54) is 12.8 Å². The van der Waals surface area contributed by atoms with E-state index >= 15 is 0 Å². The van der Waals surface area contributed by atoms with Crippen molar-refractivity contribution in [2.75, 3.05) is 13.7 Å². The molecule has 0 unspecified atom stereocenters. The molecule has 1 aliphatic carbocycles. The lowest BCUT2D eigenvalue weighted by Crippen LogP contribution is -2.15. The molecule has 3 rings (SSSR count). The Kier molecular flexibility index (Phi) is 4.35. The van der Waals surface area contributed by atoms with Crippen molar-refractivity contribution in [3.05, 3.63) is 36.2 Å². The molecular formula is C15H20N4O2. The van der Waals surface area contributed by atoms with E-state index in [0.717, 1.165) is 23.7 Å². The van der Waals surface area contributed by atoms with E-state index in [-0.39, 0.29) is 0 Å². The van der Waals surface area contributed by atoms with Gasteiger partial charge in [0.25, 0.3) is 0 Å². The molecule has 1 aliphatic rings. The van der Waals surface area contributed by atoms with E-state index < -0.39 is 0 Å². The molecule has 0 amide bonds. The zero-order valence-electron chi connectivity index (χ0n) is 12.2. The topological polar surface area (TPSA) is 61.2 Å². The number of nitrogens with zero attached hydrogens (tertiary/aromatic N) is 3. The Hall–Kier alpha value is -2.08. The summed E-state index contributed by atoms with van der Waals surface area (Å²) in [6, 6.07) is 8.30. The van der Waals surface area contributed by atoms with Gasteiger partial charge in [0.1, 0.15) is 6.61 Å². The van der Waals surface area contributed by atoms with Gasteiger partial charge >= 0.3 is 0 Å². The predicted octanol–water partition coefficient (Wildman–Crippen LogP) is 1.62. The molecule has 0 saturated heterocycles. The minimum atomic E-state index is 0.527. The molecule has 1 aromatic carbocycles. The van der Waals surface area contributed by atoms with Crippen LogP contribution in [0, 0.1) is 0 Å². The van der Waals surface area contributed by atoms with Crippen molar-refractivity contribution in [1.82, 2.24) is 20.3 Å². The first-order valence-electron chi connectivity index (χ1n) is 7.23. The van der Waals surface area contributed by atoms with Gasteiger partial charge in [-0.05, 0) is 25.0 Å². The summed E-state index contributed by atoms with van der Waals surface area (Å²) in [6.45, 7) is 1.98. The Morgan fingerprint density at radius 2 is 2.10 bits per heavy atom. The summed E-state index contributed by atoms with van der Waals surface area (Å²) in [7, 11) is 1.64. The SMILES string of the molecule is COc1ccccc1OCCn1cc(CNC2CC2)nn1. The van der Waals surface area contributed by atoms with Crippen molar-refractivity contribution in [2.45, 2.75) is 32.0 Å². The van der Waals surface area contributed by atoms with E-state index in [0.29, 0.717) is 19.2 Å². The second-order valence-corrected chi connectivity index (χ2v) is 5.13. The van der Waals surface area contributed by atoms with Crippen LogP contribution in [0.4, 0.5) is 0 Å². The Morgan fingerprint density at radius 3 is 2.86 bits per heavy atom. The van der Waals surface area contributed by atoms with Crippen LogP contribution in [0.25, 0.3) is 0 Å². The molecule has 2 aromatic rings. The van der Waals surface area contributed by atoms with Gasteiger partial charge in [0.15, 0.2) is 11.5 Å². The fourth-order valence-corrected chi connectivity index (χ4v) is 2.05. The zero-order valence-corrected chi connectivity index (χ0v) is 12.2. The summed E-state index contributed by atoms with van der Waals surface area (Å²) in [5.41, 5.74) is 0.971. The second kappa shape index (κ2) is 6.58. The number of hydrogen-bond donors (Lipinski definition) is 1. The maximum Gasteiger partial charge on any atom is 0.161 e. The molecule has 0 aliphatic heterocycles. The number of aromatic nitrogens is 3. The molecule has 6 heteroatoms. The van der Waals surface area contributed by atoms with Crippen molar-refractivity contribution >= 4 is 0 Å². The van der Waals surface area contributed by atoms with Crippen LogP contribution in [-0.4, -0.2) is 34.8 Å². The van der Waals surface area contributed by atoms with E-state index in [2.05, 4.69) is 15.6 Å². The summed E-state index contributed by atoms with van der Waals surface area (Å²) >= 11 is 0. The molecule has 1 saturated carbocycles. The van der Waals surface area contributed by atoms with Crippen LogP contribution < -0.4 is 14.8 Å². The van der Waals surface area contributed by atoms with Gasteiger partial charge in [-0.15, -0.1) is 5.10 Å². The van der Waals surface area contributed by atoms with Gasteiger partial charge < -0.3 is 14.8 Å². The van der Waals surface area contributed by atoms with Gasteiger partial charge in [0, 0.05) is 18.8 Å². The van der Waals surface area contributed by atoms with Crippen LogP contribution in [0.2, 0.25) is 0 Å². The number of hydrogen-bond acceptors (Lipinski definition) is 5. The highest BCUT2D eigenvalue weighted by Crippen LogP contribution is 2.25. The molecule has 0 radical (unpaired) electrons. The van der Waals surface area contributed by atoms with Gasteiger partial charge in [-0.2, -0.15) is 0 Å². The number of rotatable bonds is 8. The molecule has 6 nitrogen and oxygen atoms in total. The highest BCUT2D eigenvalue weighted by Gasteiger charge is 2.20. The highest BCUT2D eigenvalue weighted by molar-refractivity contribution is 5.39. The third-order valence-corrected chi connectivity index (χ3v) is 3.38. The van der Waals surface area contributed by atoms with Gasteiger partial charge in [0.05, 0.1) is 19.3 Å². The fraction of sp³-hybridized carbons (Fsp3) is 0.467. The lowest BCUT2D eigenvalue weighted by Gasteiger charge is -2.09. The third kappa shape index (κ3) is 3.95. The molecule has 1 fully saturated rings. The summed E-state index contributed by atoms with van der Waals surface area (Å²) in [5.74, 6) is 1.49. The molecule has 112 valence electrons. The summed E-state index contributed by atoms with van der Waals surface area (Å²) in [6.07, 6.45) is 4.52. The van der Waals surface area contributed by atoms with Crippen molar-refractivity contribution in [3.63, 3.8) is 0 Å². The Morgan fingerprint density at radius 1 is 1.29 bits per heavy atom. The highest BCUT2D eigenvalue weighted by atomic mass is 16.5. The van der Waals surface area contributed by atoms with Crippen LogP contribution >= 0.6 is 0 Å². The van der Waals surface area contributed by atoms with Crippen molar-refractivity contribution in [2.24, 2.45) is 0 Å². The van der Waals surface area contributed by atoms with E-state index in [1.807, 2.05) is 30.5 Å². The lowest BCUT2D eigenvalue weighted by atomic mass is 10.3. The summed E-state index contributed by atoms with van der Waals surface area (Å²) in [4.78, 5) is 0. The normalized spacial score (nSPS) is 14.1. The molecule has 21 heavy (non-hydrogen) atoms. The molecular weight excluding hydrogens is 268 g/mol. The molecule has 0 bridgehead atoms. The Balaban J connectivity index is 1.46. The molecule has 0 spiro atoms. The standard InChI is InChI=1S/C15H20N4O2/c1-20-14-4-2-3-5-15(14)21-9-8-19-11-13(17-18-19)10-16-12-6-7-12/h2-5,11-12,16H,6-10H2,1H3. The largest absolute Gasteiger partial charge is 0.493 e. The smallest absolute Gasteiger partial charge is 0.161 e. The lowest BCUT2D eigenvalue weighted by molar-refractivity contribution is 0.273. The van der Waals surface area contributed by atoms with Gasteiger partial charge in [-0.25, -0.2) is 4.68 Å². The van der Waals surface area contributed by atoms with Gasteiger partial charge in [0.2, 0.25) is 0 Å². The number of ether oxygens (including phenoxy) is 2. The number of methoxy groups -OCH3 is 1. The van der Waals surface area contributed by atoms with Gasteiger partial charge in [-0.3, -0.25) is 0 Å². The first-order valence-corrected chi connectivity index (χ1v) is 7.23. The molecule has 1 N–H and O–H groups in total. The van der Waals surface area contributed by atoms with Crippen LogP contribution in [0.3, 0.4) is 0 Å². The third-order valence-electron chi connectivity index (χ3n) is 3.38. The fourth-order valence-electron chi connectivity index (χ4n) is 2.05. The second-order valence-electron chi connectivity index (χ2n) is 5.13. The van der Waals surface area contributed by atoms with Crippen molar-refractivity contribution in [1.29, 1.82) is 0 Å². The first-order chi connectivity index (χ1) is 10.3. The van der Waals surface area contributed by atoms with Crippen molar-refractivity contribution in [3.8, 4) is 11.5 Å². The summed E-state index contributed by atoms with van der Waals surface area (Å²) < 4.78 is 12.8. The first kappa shape index (κ1) is 13.9. The Labute approximate surface area is 124 Å².